The molecule has 4 heteroatoms. The molecule has 1 aliphatic rings. The minimum atomic E-state index is -0.562. The maximum Gasteiger partial charge on any atom is 0.162 e. The monoisotopic (exact) mass is 270 g/mol. The fourth-order valence-electron chi connectivity index (χ4n) is 1.89. The third-order valence-electron chi connectivity index (χ3n) is 3.04. The van der Waals surface area contributed by atoms with Gasteiger partial charge in [0.25, 0.3) is 0 Å². The van der Waals surface area contributed by atoms with Crippen molar-refractivity contribution in [2.75, 3.05) is 7.11 Å². The highest BCUT2D eigenvalue weighted by Gasteiger charge is 2.40. The summed E-state index contributed by atoms with van der Waals surface area (Å²) >= 11 is 6.20. The second kappa shape index (κ2) is 4.98. The largest absolute Gasteiger partial charge is 0.493 e. The molecular formula is C14H19ClO3. The summed E-state index contributed by atoms with van der Waals surface area (Å²) in [6, 6.07) is 3.62. The van der Waals surface area contributed by atoms with E-state index >= 15 is 0 Å². The molecule has 0 aliphatic heterocycles. The molecule has 0 atom stereocenters. The van der Waals surface area contributed by atoms with Gasteiger partial charge in [-0.15, -0.1) is 0 Å². The van der Waals surface area contributed by atoms with Crippen LogP contribution in [0.15, 0.2) is 12.1 Å². The van der Waals surface area contributed by atoms with Crippen LogP contribution in [0.1, 0.15) is 32.3 Å². The van der Waals surface area contributed by atoms with Gasteiger partial charge in [-0.3, -0.25) is 0 Å². The van der Waals surface area contributed by atoms with Crippen LogP contribution in [0.4, 0.5) is 0 Å². The van der Waals surface area contributed by atoms with E-state index in [2.05, 4.69) is 0 Å². The summed E-state index contributed by atoms with van der Waals surface area (Å²) in [6.45, 7) is 3.92. The number of rotatable bonds is 5. The van der Waals surface area contributed by atoms with Crippen LogP contribution in [-0.2, 0) is 6.42 Å². The molecule has 3 nitrogen and oxygen atoms in total. The molecule has 1 aliphatic carbocycles. The molecule has 0 saturated heterocycles. The number of hydrogen-bond acceptors (Lipinski definition) is 3. The summed E-state index contributed by atoms with van der Waals surface area (Å²) in [5.41, 5.74) is 0.348. The number of hydrogen-bond donors (Lipinski definition) is 1. The standard InChI is InChI=1S/C14H19ClO3/c1-9(2)18-13-6-10(8-14(16)4-5-14)11(15)7-12(13)17-3/h6-7,9,16H,4-5,8H2,1-3H3. The van der Waals surface area contributed by atoms with Gasteiger partial charge >= 0.3 is 0 Å². The lowest BCUT2D eigenvalue weighted by Gasteiger charge is -2.17. The smallest absolute Gasteiger partial charge is 0.162 e. The molecule has 0 aromatic heterocycles. The Morgan fingerprint density at radius 2 is 2.00 bits per heavy atom. The average Bonchev–Trinajstić information content (AvgIpc) is 3.00. The number of ether oxygens (including phenoxy) is 2. The molecule has 1 aromatic rings. The fraction of sp³-hybridized carbons (Fsp3) is 0.571. The minimum Gasteiger partial charge on any atom is -0.493 e. The van der Waals surface area contributed by atoms with Gasteiger partial charge in [-0.05, 0) is 38.3 Å². The molecule has 1 saturated carbocycles. The van der Waals surface area contributed by atoms with E-state index in [0.717, 1.165) is 18.4 Å². The Balaban J connectivity index is 2.29. The Morgan fingerprint density at radius 1 is 1.33 bits per heavy atom. The van der Waals surface area contributed by atoms with E-state index in [9.17, 15) is 5.11 Å². The second-order valence-electron chi connectivity index (χ2n) is 5.16. The van der Waals surface area contributed by atoms with Crippen molar-refractivity contribution in [2.45, 2.75) is 44.8 Å². The van der Waals surface area contributed by atoms with Crippen molar-refractivity contribution in [2.24, 2.45) is 0 Å². The van der Waals surface area contributed by atoms with Crippen LogP contribution < -0.4 is 9.47 Å². The Morgan fingerprint density at radius 3 is 2.50 bits per heavy atom. The summed E-state index contributed by atoms with van der Waals surface area (Å²) in [5.74, 6) is 1.30. The van der Waals surface area contributed by atoms with Crippen molar-refractivity contribution in [3.63, 3.8) is 0 Å². The first-order valence-corrected chi connectivity index (χ1v) is 6.57. The zero-order chi connectivity index (χ0) is 13.3. The van der Waals surface area contributed by atoms with Crippen LogP contribution in [0.3, 0.4) is 0 Å². The highest BCUT2D eigenvalue weighted by Crippen LogP contribution is 2.42. The Hall–Kier alpha value is -0.930. The van der Waals surface area contributed by atoms with Gasteiger partial charge < -0.3 is 14.6 Å². The van der Waals surface area contributed by atoms with Crippen molar-refractivity contribution in [1.82, 2.24) is 0 Å². The van der Waals surface area contributed by atoms with Gasteiger partial charge in [0.2, 0.25) is 0 Å². The van der Waals surface area contributed by atoms with E-state index in [1.807, 2.05) is 19.9 Å². The molecule has 0 spiro atoms. The lowest BCUT2D eigenvalue weighted by Crippen LogP contribution is -2.12. The second-order valence-corrected chi connectivity index (χ2v) is 5.57. The van der Waals surface area contributed by atoms with E-state index in [1.165, 1.54) is 0 Å². The van der Waals surface area contributed by atoms with Gasteiger partial charge in [0.15, 0.2) is 11.5 Å². The molecule has 0 radical (unpaired) electrons. The Bertz CT molecular complexity index is 439. The third kappa shape index (κ3) is 3.09. The van der Waals surface area contributed by atoms with E-state index in [0.29, 0.717) is 22.9 Å². The summed E-state index contributed by atoms with van der Waals surface area (Å²) in [6.07, 6.45) is 2.33. The first-order chi connectivity index (χ1) is 8.43. The maximum absolute atomic E-state index is 9.98. The lowest BCUT2D eigenvalue weighted by molar-refractivity contribution is 0.150. The predicted octanol–water partition coefficient (Wildman–Crippen LogP) is 3.20. The predicted molar refractivity (Wildman–Crippen MR) is 71.7 cm³/mol. The van der Waals surface area contributed by atoms with Crippen molar-refractivity contribution in [3.05, 3.63) is 22.7 Å². The van der Waals surface area contributed by atoms with Crippen molar-refractivity contribution < 1.29 is 14.6 Å². The van der Waals surface area contributed by atoms with Crippen molar-refractivity contribution in [1.29, 1.82) is 0 Å². The topological polar surface area (TPSA) is 38.7 Å². The van der Waals surface area contributed by atoms with E-state index in [4.69, 9.17) is 21.1 Å². The van der Waals surface area contributed by atoms with Crippen LogP contribution in [-0.4, -0.2) is 23.9 Å². The van der Waals surface area contributed by atoms with E-state index in [-0.39, 0.29) is 6.10 Å². The van der Waals surface area contributed by atoms with Crippen molar-refractivity contribution >= 4 is 11.6 Å². The van der Waals surface area contributed by atoms with Crippen LogP contribution in [0.2, 0.25) is 5.02 Å². The molecule has 2 rings (SSSR count). The van der Waals surface area contributed by atoms with Gasteiger partial charge in [-0.2, -0.15) is 0 Å². The molecule has 1 N–H and O–H groups in total. The quantitative estimate of drug-likeness (QED) is 0.893. The van der Waals surface area contributed by atoms with Gasteiger partial charge in [0.05, 0.1) is 18.8 Å². The summed E-state index contributed by atoms with van der Waals surface area (Å²) in [5, 5.41) is 10.6. The fourth-order valence-corrected chi connectivity index (χ4v) is 2.11. The van der Waals surface area contributed by atoms with Crippen LogP contribution in [0, 0.1) is 0 Å². The SMILES string of the molecule is COc1cc(Cl)c(CC2(O)CC2)cc1OC(C)C. The molecular weight excluding hydrogens is 252 g/mol. The maximum atomic E-state index is 9.98. The van der Waals surface area contributed by atoms with Crippen LogP contribution in [0.5, 0.6) is 11.5 Å². The minimum absolute atomic E-state index is 0.0666. The van der Waals surface area contributed by atoms with Crippen LogP contribution >= 0.6 is 11.6 Å². The first-order valence-electron chi connectivity index (χ1n) is 6.19. The van der Waals surface area contributed by atoms with E-state index in [1.54, 1.807) is 13.2 Å². The third-order valence-corrected chi connectivity index (χ3v) is 3.39. The number of benzene rings is 1. The zero-order valence-electron chi connectivity index (χ0n) is 11.0. The summed E-state index contributed by atoms with van der Waals surface area (Å²) in [4.78, 5) is 0. The molecule has 100 valence electrons. The number of methoxy groups -OCH3 is 1. The first kappa shape index (κ1) is 13.5. The number of aliphatic hydroxyl groups is 1. The lowest BCUT2D eigenvalue weighted by atomic mass is 10.1. The molecule has 0 amide bonds. The van der Waals surface area contributed by atoms with Gasteiger partial charge in [0, 0.05) is 17.5 Å². The van der Waals surface area contributed by atoms with Gasteiger partial charge in [0.1, 0.15) is 0 Å². The summed E-state index contributed by atoms with van der Waals surface area (Å²) in [7, 11) is 1.59. The van der Waals surface area contributed by atoms with Gasteiger partial charge in [-0.25, -0.2) is 0 Å². The van der Waals surface area contributed by atoms with Gasteiger partial charge in [-0.1, -0.05) is 11.6 Å². The molecule has 0 heterocycles. The molecule has 0 unspecified atom stereocenters. The Labute approximate surface area is 113 Å². The highest BCUT2D eigenvalue weighted by molar-refractivity contribution is 6.31. The Kier molecular flexibility index (Phi) is 3.74. The highest BCUT2D eigenvalue weighted by atomic mass is 35.5. The van der Waals surface area contributed by atoms with E-state index < -0.39 is 5.60 Å². The molecule has 0 bridgehead atoms. The molecule has 1 fully saturated rings. The molecule has 18 heavy (non-hydrogen) atoms. The number of halogens is 1. The normalized spacial score (nSPS) is 16.8. The van der Waals surface area contributed by atoms with Crippen LogP contribution in [0.25, 0.3) is 0 Å². The van der Waals surface area contributed by atoms with Crippen molar-refractivity contribution in [3.8, 4) is 11.5 Å². The summed E-state index contributed by atoms with van der Waals surface area (Å²) < 4.78 is 11.0. The molecule has 1 aromatic carbocycles. The zero-order valence-corrected chi connectivity index (χ0v) is 11.8. The average molecular weight is 271 g/mol.